The van der Waals surface area contributed by atoms with Crippen LogP contribution in [0.2, 0.25) is 0 Å². The van der Waals surface area contributed by atoms with Crippen molar-refractivity contribution in [2.75, 3.05) is 13.6 Å². The van der Waals surface area contributed by atoms with E-state index in [1.807, 2.05) is 26.1 Å². The average molecular weight is 194 g/mol. The number of furan rings is 1. The number of nitrogens with zero attached hydrogens (tertiary/aromatic N) is 1. The minimum atomic E-state index is 0.469. The van der Waals surface area contributed by atoms with Gasteiger partial charge in [0.25, 0.3) is 0 Å². The quantitative estimate of drug-likeness (QED) is 0.725. The van der Waals surface area contributed by atoms with E-state index in [1.54, 1.807) is 0 Å². The predicted octanol–water partition coefficient (Wildman–Crippen LogP) is 1.66. The van der Waals surface area contributed by atoms with Gasteiger partial charge in [-0.1, -0.05) is 6.08 Å². The Bertz CT molecular complexity index is 304. The third-order valence-corrected chi connectivity index (χ3v) is 2.12. The van der Waals surface area contributed by atoms with Gasteiger partial charge in [-0.25, -0.2) is 0 Å². The molecule has 0 radical (unpaired) electrons. The second-order valence-electron chi connectivity index (χ2n) is 3.51. The smallest absolute Gasteiger partial charge is 0.120 e. The maximum absolute atomic E-state index is 5.58. The van der Waals surface area contributed by atoms with Gasteiger partial charge in [-0.2, -0.15) is 0 Å². The molecule has 0 saturated heterocycles. The molecule has 0 fully saturated rings. The molecule has 1 aromatic rings. The summed E-state index contributed by atoms with van der Waals surface area (Å²) in [7, 11) is 2.03. The molecule has 2 N–H and O–H groups in total. The maximum atomic E-state index is 5.58. The molecule has 0 saturated carbocycles. The molecule has 1 aromatic heterocycles. The van der Waals surface area contributed by atoms with Gasteiger partial charge in [-0.3, -0.25) is 4.90 Å². The van der Waals surface area contributed by atoms with Crippen LogP contribution in [0.5, 0.6) is 0 Å². The van der Waals surface area contributed by atoms with E-state index in [0.717, 1.165) is 30.2 Å². The lowest BCUT2D eigenvalue weighted by atomic mass is 10.2. The molecule has 78 valence electrons. The van der Waals surface area contributed by atoms with Crippen LogP contribution in [0.4, 0.5) is 0 Å². The number of rotatable bonds is 5. The highest BCUT2D eigenvalue weighted by molar-refractivity contribution is 5.19. The SMILES string of the molecule is C=CCN(C)Cc1cc(C)c(CN)o1. The van der Waals surface area contributed by atoms with Gasteiger partial charge in [-0.05, 0) is 25.6 Å². The van der Waals surface area contributed by atoms with Crippen LogP contribution in [0.3, 0.4) is 0 Å². The minimum absolute atomic E-state index is 0.469. The molecule has 0 atom stereocenters. The lowest BCUT2D eigenvalue weighted by Gasteiger charge is -2.11. The molecule has 1 heterocycles. The van der Waals surface area contributed by atoms with E-state index in [9.17, 15) is 0 Å². The van der Waals surface area contributed by atoms with Gasteiger partial charge in [0.15, 0.2) is 0 Å². The average Bonchev–Trinajstić information content (AvgIpc) is 2.46. The maximum Gasteiger partial charge on any atom is 0.120 e. The third-order valence-electron chi connectivity index (χ3n) is 2.12. The van der Waals surface area contributed by atoms with Crippen molar-refractivity contribution in [3.8, 4) is 0 Å². The zero-order chi connectivity index (χ0) is 10.6. The van der Waals surface area contributed by atoms with E-state index in [1.165, 1.54) is 0 Å². The van der Waals surface area contributed by atoms with Gasteiger partial charge >= 0.3 is 0 Å². The van der Waals surface area contributed by atoms with Gasteiger partial charge in [0.2, 0.25) is 0 Å². The number of hydrogen-bond donors (Lipinski definition) is 1. The van der Waals surface area contributed by atoms with Crippen molar-refractivity contribution in [1.82, 2.24) is 4.90 Å². The molecular formula is C11H18N2O. The number of aryl methyl sites for hydroxylation is 1. The molecule has 3 heteroatoms. The Morgan fingerprint density at radius 3 is 2.86 bits per heavy atom. The van der Waals surface area contributed by atoms with Crippen LogP contribution in [0.25, 0.3) is 0 Å². The van der Waals surface area contributed by atoms with Gasteiger partial charge < -0.3 is 10.2 Å². The summed E-state index contributed by atoms with van der Waals surface area (Å²) < 4.78 is 5.58. The van der Waals surface area contributed by atoms with E-state index in [0.29, 0.717) is 6.54 Å². The van der Waals surface area contributed by atoms with Crippen molar-refractivity contribution in [2.45, 2.75) is 20.0 Å². The monoisotopic (exact) mass is 194 g/mol. The molecule has 0 aliphatic rings. The summed E-state index contributed by atoms with van der Waals surface area (Å²) in [6.07, 6.45) is 1.87. The van der Waals surface area contributed by atoms with Gasteiger partial charge in [0.05, 0.1) is 13.1 Å². The van der Waals surface area contributed by atoms with Crippen LogP contribution in [-0.4, -0.2) is 18.5 Å². The fourth-order valence-electron chi connectivity index (χ4n) is 1.42. The molecule has 0 bridgehead atoms. The Morgan fingerprint density at radius 2 is 2.36 bits per heavy atom. The lowest BCUT2D eigenvalue weighted by molar-refractivity contribution is 0.316. The summed E-state index contributed by atoms with van der Waals surface area (Å²) in [5.74, 6) is 1.85. The summed E-state index contributed by atoms with van der Waals surface area (Å²) >= 11 is 0. The summed E-state index contributed by atoms with van der Waals surface area (Å²) in [5, 5.41) is 0. The molecule has 0 amide bonds. The summed E-state index contributed by atoms with van der Waals surface area (Å²) in [4.78, 5) is 2.13. The Morgan fingerprint density at radius 1 is 1.64 bits per heavy atom. The van der Waals surface area contributed by atoms with Crippen LogP contribution in [-0.2, 0) is 13.1 Å². The zero-order valence-electron chi connectivity index (χ0n) is 8.92. The molecule has 3 nitrogen and oxygen atoms in total. The van der Waals surface area contributed by atoms with Crippen LogP contribution in [0.1, 0.15) is 17.1 Å². The third kappa shape index (κ3) is 2.72. The van der Waals surface area contributed by atoms with Crippen LogP contribution < -0.4 is 5.73 Å². The summed E-state index contributed by atoms with van der Waals surface area (Å²) in [5.41, 5.74) is 6.66. The van der Waals surface area contributed by atoms with Crippen molar-refractivity contribution in [2.24, 2.45) is 5.73 Å². The fraction of sp³-hybridized carbons (Fsp3) is 0.455. The summed E-state index contributed by atoms with van der Waals surface area (Å²) in [6.45, 7) is 7.83. The largest absolute Gasteiger partial charge is 0.463 e. The molecular weight excluding hydrogens is 176 g/mol. The minimum Gasteiger partial charge on any atom is -0.463 e. The van der Waals surface area contributed by atoms with E-state index in [2.05, 4.69) is 11.5 Å². The number of likely N-dealkylation sites (N-methyl/N-ethyl adjacent to an activating group) is 1. The highest BCUT2D eigenvalue weighted by Gasteiger charge is 2.07. The molecule has 1 rings (SSSR count). The highest BCUT2D eigenvalue weighted by Crippen LogP contribution is 2.15. The van der Waals surface area contributed by atoms with Crippen molar-refractivity contribution in [1.29, 1.82) is 0 Å². The first-order valence-electron chi connectivity index (χ1n) is 4.75. The molecule has 0 spiro atoms. The van der Waals surface area contributed by atoms with Gasteiger partial charge in [0.1, 0.15) is 11.5 Å². The van der Waals surface area contributed by atoms with E-state index in [4.69, 9.17) is 10.2 Å². The van der Waals surface area contributed by atoms with Crippen molar-refractivity contribution in [3.63, 3.8) is 0 Å². The zero-order valence-corrected chi connectivity index (χ0v) is 8.92. The second kappa shape index (κ2) is 4.98. The Balaban J connectivity index is 2.62. The van der Waals surface area contributed by atoms with E-state index in [-0.39, 0.29) is 0 Å². The first kappa shape index (κ1) is 11.0. The van der Waals surface area contributed by atoms with Gasteiger partial charge in [0, 0.05) is 6.54 Å². The normalized spacial score (nSPS) is 10.9. The van der Waals surface area contributed by atoms with Crippen LogP contribution in [0, 0.1) is 6.92 Å². The van der Waals surface area contributed by atoms with E-state index >= 15 is 0 Å². The molecule has 14 heavy (non-hydrogen) atoms. The van der Waals surface area contributed by atoms with E-state index < -0.39 is 0 Å². The molecule has 0 aliphatic carbocycles. The fourth-order valence-corrected chi connectivity index (χ4v) is 1.42. The molecule has 0 aromatic carbocycles. The predicted molar refractivity (Wildman–Crippen MR) is 57.9 cm³/mol. The number of nitrogens with two attached hydrogens (primary N) is 1. The molecule has 0 unspecified atom stereocenters. The first-order valence-corrected chi connectivity index (χ1v) is 4.75. The van der Waals surface area contributed by atoms with Crippen molar-refractivity contribution < 1.29 is 4.42 Å². The van der Waals surface area contributed by atoms with Crippen molar-refractivity contribution in [3.05, 3.63) is 35.8 Å². The number of hydrogen-bond acceptors (Lipinski definition) is 3. The van der Waals surface area contributed by atoms with Crippen LogP contribution >= 0.6 is 0 Å². The highest BCUT2D eigenvalue weighted by atomic mass is 16.3. The Hall–Kier alpha value is -1.06. The first-order chi connectivity index (χ1) is 6.67. The topological polar surface area (TPSA) is 42.4 Å². The van der Waals surface area contributed by atoms with Crippen LogP contribution in [0.15, 0.2) is 23.1 Å². The second-order valence-corrected chi connectivity index (χ2v) is 3.51. The Kier molecular flexibility index (Phi) is 3.92. The standard InChI is InChI=1S/C11H18N2O/c1-4-5-13(3)8-10-6-9(2)11(7-12)14-10/h4,6H,1,5,7-8,12H2,2-3H3. The lowest BCUT2D eigenvalue weighted by Crippen LogP contribution is -2.16. The summed E-state index contributed by atoms with van der Waals surface area (Å²) in [6, 6.07) is 2.04. The molecule has 0 aliphatic heterocycles. The Labute approximate surface area is 85.2 Å². The van der Waals surface area contributed by atoms with Crippen molar-refractivity contribution >= 4 is 0 Å². The van der Waals surface area contributed by atoms with Gasteiger partial charge in [-0.15, -0.1) is 6.58 Å².